The van der Waals surface area contributed by atoms with Gasteiger partial charge >= 0.3 is 5.69 Å². The van der Waals surface area contributed by atoms with Crippen molar-refractivity contribution >= 4 is 27.7 Å². The Hall–Kier alpha value is -1.27. The highest BCUT2D eigenvalue weighted by Gasteiger charge is 2.06. The molecular formula is C14H15BrN2O2S. The molecule has 0 spiro atoms. The van der Waals surface area contributed by atoms with Gasteiger partial charge in [0.05, 0.1) is 0 Å². The van der Waals surface area contributed by atoms with Gasteiger partial charge in [0.15, 0.2) is 0 Å². The van der Waals surface area contributed by atoms with Crippen LogP contribution in [-0.2, 0) is 25.6 Å². The molecule has 0 bridgehead atoms. The van der Waals surface area contributed by atoms with Crippen molar-refractivity contribution in [1.82, 2.24) is 9.13 Å². The maximum Gasteiger partial charge on any atom is 0.330 e. The fraction of sp³-hybridized carbons (Fsp3) is 0.286. The Morgan fingerprint density at radius 1 is 1.10 bits per heavy atom. The first-order chi connectivity index (χ1) is 9.49. The van der Waals surface area contributed by atoms with Crippen LogP contribution in [0, 0.1) is 0 Å². The fourth-order valence-electron chi connectivity index (χ4n) is 1.82. The Balaban J connectivity index is 2.09. The topological polar surface area (TPSA) is 44.0 Å². The Morgan fingerprint density at radius 3 is 2.55 bits per heavy atom. The van der Waals surface area contributed by atoms with Crippen molar-refractivity contribution in [3.8, 4) is 0 Å². The van der Waals surface area contributed by atoms with Crippen molar-refractivity contribution in [3.05, 3.63) is 66.9 Å². The first-order valence-corrected chi connectivity index (χ1v) is 8.02. The molecule has 6 heteroatoms. The van der Waals surface area contributed by atoms with Gasteiger partial charge in [-0.25, -0.2) is 4.79 Å². The molecule has 0 radical (unpaired) electrons. The molecule has 0 atom stereocenters. The molecule has 0 unspecified atom stereocenters. The third-order valence-electron chi connectivity index (χ3n) is 3.03. The van der Waals surface area contributed by atoms with Gasteiger partial charge in [-0.1, -0.05) is 28.1 Å². The number of hydrogen-bond donors (Lipinski definition) is 0. The van der Waals surface area contributed by atoms with E-state index in [9.17, 15) is 9.59 Å². The molecule has 1 heterocycles. The highest BCUT2D eigenvalue weighted by molar-refractivity contribution is 9.10. The molecule has 0 fully saturated rings. The molecule has 0 N–H and O–H groups in total. The van der Waals surface area contributed by atoms with Crippen LogP contribution in [0.25, 0.3) is 0 Å². The molecule has 0 saturated carbocycles. The molecule has 0 aliphatic rings. The van der Waals surface area contributed by atoms with Crippen LogP contribution in [0.3, 0.4) is 0 Å². The summed E-state index contributed by atoms with van der Waals surface area (Å²) in [6, 6.07) is 9.62. The van der Waals surface area contributed by atoms with E-state index in [1.807, 2.05) is 12.1 Å². The average Bonchev–Trinajstić information content (AvgIpc) is 2.42. The Labute approximate surface area is 129 Å². The van der Waals surface area contributed by atoms with Gasteiger partial charge in [0.1, 0.15) is 0 Å². The number of halogens is 1. The number of aromatic nitrogens is 2. The smallest absolute Gasteiger partial charge is 0.300 e. The predicted molar refractivity (Wildman–Crippen MR) is 86.1 cm³/mol. The van der Waals surface area contributed by atoms with Crippen LogP contribution in [0.2, 0.25) is 0 Å². The van der Waals surface area contributed by atoms with E-state index in [0.717, 1.165) is 20.5 Å². The molecule has 0 amide bonds. The highest BCUT2D eigenvalue weighted by atomic mass is 79.9. The number of thioether (sulfide) groups is 1. The van der Waals surface area contributed by atoms with E-state index < -0.39 is 0 Å². The van der Waals surface area contributed by atoms with Crippen LogP contribution in [0.15, 0.2) is 44.4 Å². The number of benzene rings is 1. The SMILES string of the molecule is Cn1c(CSCc2cccc(Br)c2)cc(=O)n(C)c1=O. The summed E-state index contributed by atoms with van der Waals surface area (Å²) < 4.78 is 3.69. The van der Waals surface area contributed by atoms with Gasteiger partial charge in [-0.3, -0.25) is 13.9 Å². The summed E-state index contributed by atoms with van der Waals surface area (Å²) in [5, 5.41) is 0. The van der Waals surface area contributed by atoms with E-state index >= 15 is 0 Å². The van der Waals surface area contributed by atoms with E-state index in [-0.39, 0.29) is 11.2 Å². The third-order valence-corrected chi connectivity index (χ3v) is 4.56. The zero-order valence-electron chi connectivity index (χ0n) is 11.3. The van der Waals surface area contributed by atoms with Crippen LogP contribution < -0.4 is 11.2 Å². The second-order valence-electron chi connectivity index (χ2n) is 4.50. The van der Waals surface area contributed by atoms with Gasteiger partial charge in [-0.15, -0.1) is 0 Å². The highest BCUT2D eigenvalue weighted by Crippen LogP contribution is 2.19. The van der Waals surface area contributed by atoms with Gasteiger partial charge in [-0.2, -0.15) is 11.8 Å². The van der Waals surface area contributed by atoms with Crippen molar-refractivity contribution in [3.63, 3.8) is 0 Å². The second kappa shape index (κ2) is 6.45. The normalized spacial score (nSPS) is 10.8. The molecule has 4 nitrogen and oxygen atoms in total. The fourth-order valence-corrected chi connectivity index (χ4v) is 3.27. The molecule has 1 aromatic heterocycles. The van der Waals surface area contributed by atoms with E-state index in [2.05, 4.69) is 28.1 Å². The van der Waals surface area contributed by atoms with E-state index in [1.54, 1.807) is 18.8 Å². The van der Waals surface area contributed by atoms with Crippen molar-refractivity contribution in [2.45, 2.75) is 11.5 Å². The Bertz CT molecular complexity index is 737. The molecule has 0 aliphatic heterocycles. The number of hydrogen-bond acceptors (Lipinski definition) is 3. The molecule has 0 saturated heterocycles. The summed E-state index contributed by atoms with van der Waals surface area (Å²) >= 11 is 5.12. The summed E-state index contributed by atoms with van der Waals surface area (Å²) in [5.74, 6) is 1.47. The third kappa shape index (κ3) is 3.43. The summed E-state index contributed by atoms with van der Waals surface area (Å²) in [4.78, 5) is 23.4. The van der Waals surface area contributed by atoms with Crippen molar-refractivity contribution in [1.29, 1.82) is 0 Å². The summed E-state index contributed by atoms with van der Waals surface area (Å²) in [5.41, 5.74) is 1.41. The average molecular weight is 355 g/mol. The van der Waals surface area contributed by atoms with Gasteiger partial charge in [-0.05, 0) is 17.7 Å². The lowest BCUT2D eigenvalue weighted by atomic mass is 10.2. The molecule has 1 aromatic carbocycles. The van der Waals surface area contributed by atoms with Crippen LogP contribution in [-0.4, -0.2) is 9.13 Å². The largest absolute Gasteiger partial charge is 0.330 e. The Morgan fingerprint density at radius 2 is 1.85 bits per heavy atom. The Kier molecular flexibility index (Phi) is 4.88. The lowest BCUT2D eigenvalue weighted by Crippen LogP contribution is -2.37. The van der Waals surface area contributed by atoms with Crippen LogP contribution in [0.4, 0.5) is 0 Å². The van der Waals surface area contributed by atoms with Crippen LogP contribution in [0.1, 0.15) is 11.3 Å². The van der Waals surface area contributed by atoms with E-state index in [0.29, 0.717) is 5.75 Å². The summed E-state index contributed by atoms with van der Waals surface area (Å²) in [6.45, 7) is 0. The van der Waals surface area contributed by atoms with E-state index in [1.165, 1.54) is 23.2 Å². The minimum atomic E-state index is -0.282. The number of nitrogens with zero attached hydrogens (tertiary/aromatic N) is 2. The van der Waals surface area contributed by atoms with Crippen molar-refractivity contribution < 1.29 is 0 Å². The maximum absolute atomic E-state index is 11.8. The van der Waals surface area contributed by atoms with E-state index in [4.69, 9.17) is 0 Å². The first-order valence-electron chi connectivity index (χ1n) is 6.07. The first kappa shape index (κ1) is 15.1. The monoisotopic (exact) mass is 354 g/mol. The zero-order chi connectivity index (χ0) is 14.7. The zero-order valence-corrected chi connectivity index (χ0v) is 13.7. The molecule has 20 heavy (non-hydrogen) atoms. The van der Waals surface area contributed by atoms with Crippen LogP contribution in [0.5, 0.6) is 0 Å². The lowest BCUT2D eigenvalue weighted by Gasteiger charge is -2.09. The van der Waals surface area contributed by atoms with Crippen molar-refractivity contribution in [2.24, 2.45) is 14.1 Å². The number of rotatable bonds is 4. The molecular weight excluding hydrogens is 340 g/mol. The van der Waals surface area contributed by atoms with Crippen LogP contribution >= 0.6 is 27.7 Å². The standard InChI is InChI=1S/C14H15BrN2O2S/c1-16-12(7-13(18)17(2)14(16)19)9-20-8-10-4-3-5-11(15)6-10/h3-7H,8-9H2,1-2H3. The maximum atomic E-state index is 11.8. The second-order valence-corrected chi connectivity index (χ2v) is 6.40. The summed E-state index contributed by atoms with van der Waals surface area (Å²) in [7, 11) is 3.18. The molecule has 106 valence electrons. The molecule has 0 aliphatic carbocycles. The van der Waals surface area contributed by atoms with Gasteiger partial charge in [0.2, 0.25) is 0 Å². The minimum Gasteiger partial charge on any atom is -0.300 e. The molecule has 2 rings (SSSR count). The van der Waals surface area contributed by atoms with Gasteiger partial charge in [0, 0.05) is 41.8 Å². The molecule has 2 aromatic rings. The minimum absolute atomic E-state index is 0.258. The van der Waals surface area contributed by atoms with Gasteiger partial charge < -0.3 is 0 Å². The lowest BCUT2D eigenvalue weighted by molar-refractivity contribution is 0.665. The quantitative estimate of drug-likeness (QED) is 0.845. The van der Waals surface area contributed by atoms with Gasteiger partial charge in [0.25, 0.3) is 5.56 Å². The summed E-state index contributed by atoms with van der Waals surface area (Å²) in [6.07, 6.45) is 0. The predicted octanol–water partition coefficient (Wildman–Crippen LogP) is 2.28. The van der Waals surface area contributed by atoms with Crippen molar-refractivity contribution in [2.75, 3.05) is 0 Å².